The van der Waals surface area contributed by atoms with Crippen molar-refractivity contribution in [1.82, 2.24) is 10.4 Å². The standard InChI is InChI=1S/C25H19N3O4/c1-31-20-9-6-19(7-10-20)25(30)32-23-11-8-17-4-2-3-5-21(17)22(23)16-27-28-24(29)18-12-14-26-15-13-18/h2-16H,1H3,(H,28,29)/b27-16-. The van der Waals surface area contributed by atoms with Gasteiger partial charge in [-0.05, 0) is 53.2 Å². The Morgan fingerprint density at radius 2 is 1.66 bits per heavy atom. The first-order valence-electron chi connectivity index (χ1n) is 9.77. The summed E-state index contributed by atoms with van der Waals surface area (Å²) in [5, 5.41) is 5.85. The number of benzene rings is 3. The summed E-state index contributed by atoms with van der Waals surface area (Å²) >= 11 is 0. The van der Waals surface area contributed by atoms with Gasteiger partial charge in [-0.1, -0.05) is 30.3 Å². The highest BCUT2D eigenvalue weighted by Gasteiger charge is 2.14. The number of esters is 1. The molecule has 0 fully saturated rings. The predicted molar refractivity (Wildman–Crippen MR) is 121 cm³/mol. The molecular weight excluding hydrogens is 406 g/mol. The molecule has 1 heterocycles. The van der Waals surface area contributed by atoms with E-state index < -0.39 is 5.97 Å². The number of hydrogen-bond donors (Lipinski definition) is 1. The number of hydrazone groups is 1. The maximum atomic E-state index is 12.7. The fourth-order valence-electron chi connectivity index (χ4n) is 3.11. The SMILES string of the molecule is COc1ccc(C(=O)Oc2ccc3ccccc3c2/C=N\NC(=O)c2ccncc2)cc1. The minimum absolute atomic E-state index is 0.325. The second-order valence-electron chi connectivity index (χ2n) is 6.75. The monoisotopic (exact) mass is 425 g/mol. The van der Waals surface area contributed by atoms with Crippen molar-refractivity contribution in [3.05, 3.63) is 102 Å². The Labute approximate surface area is 184 Å². The van der Waals surface area contributed by atoms with Crippen molar-refractivity contribution in [3.8, 4) is 11.5 Å². The predicted octanol–water partition coefficient (Wildman–Crippen LogP) is 4.23. The topological polar surface area (TPSA) is 89.9 Å². The molecule has 0 aliphatic rings. The third-order valence-electron chi connectivity index (χ3n) is 4.76. The lowest BCUT2D eigenvalue weighted by Crippen LogP contribution is -2.17. The van der Waals surface area contributed by atoms with E-state index in [-0.39, 0.29) is 5.91 Å². The Balaban J connectivity index is 1.61. The lowest BCUT2D eigenvalue weighted by atomic mass is 10.0. The molecule has 0 spiro atoms. The van der Waals surface area contributed by atoms with E-state index in [1.165, 1.54) is 18.6 Å². The van der Waals surface area contributed by atoms with E-state index in [9.17, 15) is 9.59 Å². The van der Waals surface area contributed by atoms with Gasteiger partial charge in [-0.3, -0.25) is 9.78 Å². The lowest BCUT2D eigenvalue weighted by molar-refractivity contribution is 0.0734. The average Bonchev–Trinajstić information content (AvgIpc) is 2.85. The molecule has 1 amide bonds. The number of rotatable bonds is 6. The van der Waals surface area contributed by atoms with Gasteiger partial charge in [0, 0.05) is 23.5 Å². The molecule has 0 bridgehead atoms. The molecule has 0 radical (unpaired) electrons. The van der Waals surface area contributed by atoms with Crippen LogP contribution in [-0.4, -0.2) is 30.2 Å². The molecule has 158 valence electrons. The number of fused-ring (bicyclic) bond motifs is 1. The van der Waals surface area contributed by atoms with Gasteiger partial charge < -0.3 is 9.47 Å². The van der Waals surface area contributed by atoms with Crippen LogP contribution in [-0.2, 0) is 0 Å². The Bertz CT molecular complexity index is 1290. The molecule has 4 aromatic rings. The van der Waals surface area contributed by atoms with Crippen molar-refractivity contribution in [2.24, 2.45) is 5.10 Å². The Hall–Kier alpha value is -4.52. The Kier molecular flexibility index (Phi) is 6.17. The zero-order valence-corrected chi connectivity index (χ0v) is 17.2. The normalized spacial score (nSPS) is 10.8. The van der Waals surface area contributed by atoms with Gasteiger partial charge in [0.05, 0.1) is 18.9 Å². The zero-order valence-electron chi connectivity index (χ0n) is 17.2. The number of aromatic nitrogens is 1. The highest BCUT2D eigenvalue weighted by Crippen LogP contribution is 2.27. The number of hydrogen-bond acceptors (Lipinski definition) is 6. The largest absolute Gasteiger partial charge is 0.497 e. The number of nitrogens with one attached hydrogen (secondary N) is 1. The lowest BCUT2D eigenvalue weighted by Gasteiger charge is -2.11. The maximum absolute atomic E-state index is 12.7. The van der Waals surface area contributed by atoms with Crippen molar-refractivity contribution < 1.29 is 19.1 Å². The number of carbonyl (C=O) groups excluding carboxylic acids is 2. The van der Waals surface area contributed by atoms with E-state index in [1.54, 1.807) is 49.6 Å². The summed E-state index contributed by atoms with van der Waals surface area (Å²) in [6.07, 6.45) is 4.53. The summed E-state index contributed by atoms with van der Waals surface area (Å²) in [6.45, 7) is 0. The van der Waals surface area contributed by atoms with Gasteiger partial charge in [-0.15, -0.1) is 0 Å². The van der Waals surface area contributed by atoms with Crippen molar-refractivity contribution in [1.29, 1.82) is 0 Å². The summed E-state index contributed by atoms with van der Waals surface area (Å²) in [6, 6.07) is 21.0. The van der Waals surface area contributed by atoms with Crippen LogP contribution in [0.25, 0.3) is 10.8 Å². The second-order valence-corrected chi connectivity index (χ2v) is 6.75. The van der Waals surface area contributed by atoms with Crippen LogP contribution in [0.2, 0.25) is 0 Å². The van der Waals surface area contributed by atoms with E-state index in [4.69, 9.17) is 9.47 Å². The van der Waals surface area contributed by atoms with Crippen LogP contribution in [0.4, 0.5) is 0 Å². The Morgan fingerprint density at radius 3 is 2.41 bits per heavy atom. The van der Waals surface area contributed by atoms with Gasteiger partial charge in [0.1, 0.15) is 11.5 Å². The molecule has 32 heavy (non-hydrogen) atoms. The van der Waals surface area contributed by atoms with E-state index in [1.807, 2.05) is 30.3 Å². The van der Waals surface area contributed by atoms with Crippen LogP contribution in [0.1, 0.15) is 26.3 Å². The maximum Gasteiger partial charge on any atom is 0.343 e. The summed E-state index contributed by atoms with van der Waals surface area (Å²) in [7, 11) is 1.56. The molecule has 1 N–H and O–H groups in total. The molecule has 0 aliphatic carbocycles. The highest BCUT2D eigenvalue weighted by molar-refractivity contribution is 6.04. The molecule has 7 nitrogen and oxygen atoms in total. The third-order valence-corrected chi connectivity index (χ3v) is 4.76. The average molecular weight is 425 g/mol. The van der Waals surface area contributed by atoms with E-state index in [2.05, 4.69) is 15.5 Å². The van der Waals surface area contributed by atoms with Crippen molar-refractivity contribution >= 4 is 28.9 Å². The molecular formula is C25H19N3O4. The highest BCUT2D eigenvalue weighted by atomic mass is 16.5. The molecule has 1 aromatic heterocycles. The summed E-state index contributed by atoms with van der Waals surface area (Å²) in [5.74, 6) is 0.0792. The summed E-state index contributed by atoms with van der Waals surface area (Å²) in [4.78, 5) is 28.8. The molecule has 0 saturated carbocycles. The van der Waals surface area contributed by atoms with Gasteiger partial charge in [0.25, 0.3) is 5.91 Å². The summed E-state index contributed by atoms with van der Waals surface area (Å²) < 4.78 is 10.8. The van der Waals surface area contributed by atoms with E-state index in [0.717, 1.165) is 10.8 Å². The Morgan fingerprint density at radius 1 is 0.906 bits per heavy atom. The van der Waals surface area contributed by atoms with Crippen LogP contribution in [0.15, 0.2) is 90.3 Å². The van der Waals surface area contributed by atoms with Crippen molar-refractivity contribution in [2.75, 3.05) is 7.11 Å². The van der Waals surface area contributed by atoms with Gasteiger partial charge in [0.2, 0.25) is 0 Å². The van der Waals surface area contributed by atoms with Crippen LogP contribution < -0.4 is 14.9 Å². The van der Waals surface area contributed by atoms with E-state index >= 15 is 0 Å². The van der Waals surface area contributed by atoms with Gasteiger partial charge in [0.15, 0.2) is 0 Å². The first kappa shape index (κ1) is 20.7. The van der Waals surface area contributed by atoms with Crippen LogP contribution in [0, 0.1) is 0 Å². The molecule has 4 rings (SSSR count). The number of methoxy groups -OCH3 is 1. The van der Waals surface area contributed by atoms with Gasteiger partial charge in [-0.25, -0.2) is 10.2 Å². The molecule has 0 saturated heterocycles. The van der Waals surface area contributed by atoms with Gasteiger partial charge in [-0.2, -0.15) is 5.10 Å². The number of amides is 1. The first-order chi connectivity index (χ1) is 15.7. The molecule has 0 unspecified atom stereocenters. The third kappa shape index (κ3) is 4.62. The van der Waals surface area contributed by atoms with Crippen LogP contribution >= 0.6 is 0 Å². The minimum Gasteiger partial charge on any atom is -0.497 e. The molecule has 3 aromatic carbocycles. The van der Waals surface area contributed by atoms with Crippen LogP contribution in [0.3, 0.4) is 0 Å². The van der Waals surface area contributed by atoms with Gasteiger partial charge >= 0.3 is 5.97 Å². The smallest absolute Gasteiger partial charge is 0.343 e. The van der Waals surface area contributed by atoms with Crippen molar-refractivity contribution in [2.45, 2.75) is 0 Å². The zero-order chi connectivity index (χ0) is 22.3. The quantitative estimate of drug-likeness (QED) is 0.216. The fraction of sp³-hybridized carbons (Fsp3) is 0.0400. The number of ether oxygens (including phenoxy) is 2. The molecule has 7 heteroatoms. The second kappa shape index (κ2) is 9.53. The van der Waals surface area contributed by atoms with E-state index in [0.29, 0.717) is 28.2 Å². The van der Waals surface area contributed by atoms with Crippen LogP contribution in [0.5, 0.6) is 11.5 Å². The van der Waals surface area contributed by atoms with Crippen molar-refractivity contribution in [3.63, 3.8) is 0 Å². The number of nitrogens with zero attached hydrogens (tertiary/aromatic N) is 2. The molecule has 0 atom stereocenters. The molecule has 0 aliphatic heterocycles. The number of pyridine rings is 1. The fourth-order valence-corrected chi connectivity index (χ4v) is 3.11. The minimum atomic E-state index is -0.515. The summed E-state index contributed by atoms with van der Waals surface area (Å²) in [5.41, 5.74) is 3.87. The number of carbonyl (C=O) groups is 2. The first-order valence-corrected chi connectivity index (χ1v) is 9.77.